The first-order valence-corrected chi connectivity index (χ1v) is 8.14. The van der Waals surface area contributed by atoms with Gasteiger partial charge in [0.25, 0.3) is 0 Å². The van der Waals surface area contributed by atoms with Crippen molar-refractivity contribution in [1.29, 1.82) is 0 Å². The van der Waals surface area contributed by atoms with Crippen molar-refractivity contribution in [3.8, 4) is 0 Å². The lowest BCUT2D eigenvalue weighted by Gasteiger charge is -2.35. The fraction of sp³-hybridized carbons (Fsp3) is 0.875. The number of carbonyl (C=O) groups is 2. The van der Waals surface area contributed by atoms with E-state index >= 15 is 0 Å². The number of nitrogens with one attached hydrogen (secondary N) is 2. The second-order valence-corrected chi connectivity index (χ2v) is 7.45. The summed E-state index contributed by atoms with van der Waals surface area (Å²) in [7, 11) is 0. The van der Waals surface area contributed by atoms with Crippen LogP contribution in [0.25, 0.3) is 0 Å². The third-order valence-electron chi connectivity index (χ3n) is 5.04. The van der Waals surface area contributed by atoms with E-state index in [1.807, 2.05) is 0 Å². The maximum atomic E-state index is 12.0. The van der Waals surface area contributed by atoms with Gasteiger partial charge in [-0.05, 0) is 43.4 Å². The standard InChI is InChI=1S/C16H28N2O3/c1-16(2)8-4-6-12(9-16)18-15(21)17-10-11-5-3-7-13(11)14(19)20/h11-13H,3-10H2,1-2H3,(H,19,20)(H2,17,18,21). The van der Waals surface area contributed by atoms with Crippen LogP contribution in [0.2, 0.25) is 0 Å². The molecule has 0 aromatic heterocycles. The quantitative estimate of drug-likeness (QED) is 0.746. The molecule has 120 valence electrons. The van der Waals surface area contributed by atoms with Crippen molar-refractivity contribution in [1.82, 2.24) is 10.6 Å². The van der Waals surface area contributed by atoms with Gasteiger partial charge in [-0.3, -0.25) is 4.79 Å². The molecule has 3 atom stereocenters. The van der Waals surface area contributed by atoms with Gasteiger partial charge in [-0.2, -0.15) is 0 Å². The van der Waals surface area contributed by atoms with Crippen molar-refractivity contribution < 1.29 is 14.7 Å². The molecule has 2 fully saturated rings. The predicted molar refractivity (Wildman–Crippen MR) is 81.0 cm³/mol. The lowest BCUT2D eigenvalue weighted by Crippen LogP contribution is -2.46. The molecule has 0 aromatic rings. The van der Waals surface area contributed by atoms with E-state index < -0.39 is 5.97 Å². The number of urea groups is 1. The molecule has 3 N–H and O–H groups in total. The van der Waals surface area contributed by atoms with Crippen LogP contribution in [0, 0.1) is 17.3 Å². The molecule has 5 heteroatoms. The Labute approximate surface area is 126 Å². The van der Waals surface area contributed by atoms with Gasteiger partial charge in [-0.15, -0.1) is 0 Å². The van der Waals surface area contributed by atoms with Gasteiger partial charge in [0.15, 0.2) is 0 Å². The molecule has 0 heterocycles. The van der Waals surface area contributed by atoms with Gasteiger partial charge < -0.3 is 15.7 Å². The normalized spacial score (nSPS) is 31.6. The largest absolute Gasteiger partial charge is 0.481 e. The van der Waals surface area contributed by atoms with E-state index in [1.54, 1.807) is 0 Å². The number of carboxylic acid groups (broad SMARTS) is 1. The molecule has 0 spiro atoms. The summed E-state index contributed by atoms with van der Waals surface area (Å²) in [6.07, 6.45) is 7.01. The van der Waals surface area contributed by atoms with Crippen molar-refractivity contribution >= 4 is 12.0 Å². The minimum absolute atomic E-state index is 0.0797. The Balaban J connectivity index is 1.73. The zero-order valence-corrected chi connectivity index (χ0v) is 13.2. The van der Waals surface area contributed by atoms with E-state index in [0.717, 1.165) is 38.5 Å². The molecule has 2 aliphatic carbocycles. The molecule has 3 unspecified atom stereocenters. The topological polar surface area (TPSA) is 78.4 Å². The van der Waals surface area contributed by atoms with Crippen LogP contribution in [0.4, 0.5) is 4.79 Å². The summed E-state index contributed by atoms with van der Waals surface area (Å²) in [6, 6.07) is 0.0985. The Morgan fingerprint density at radius 1 is 1.19 bits per heavy atom. The second-order valence-electron chi connectivity index (χ2n) is 7.45. The minimum atomic E-state index is -0.728. The number of hydrogen-bond donors (Lipinski definition) is 3. The summed E-state index contributed by atoms with van der Waals surface area (Å²) >= 11 is 0. The summed E-state index contributed by atoms with van der Waals surface area (Å²) in [5, 5.41) is 15.1. The summed E-state index contributed by atoms with van der Waals surface area (Å²) in [5.41, 5.74) is 0.302. The molecule has 0 radical (unpaired) electrons. The molecular formula is C16H28N2O3. The summed E-state index contributed by atoms with van der Waals surface area (Å²) in [6.45, 7) is 4.96. The van der Waals surface area contributed by atoms with Crippen LogP contribution in [0.5, 0.6) is 0 Å². The SMILES string of the molecule is CC1(C)CCCC(NC(=O)NCC2CCCC2C(=O)O)C1. The molecular weight excluding hydrogens is 268 g/mol. The lowest BCUT2D eigenvalue weighted by atomic mass is 9.75. The van der Waals surface area contributed by atoms with E-state index in [9.17, 15) is 9.59 Å². The third kappa shape index (κ3) is 4.61. The average Bonchev–Trinajstić information content (AvgIpc) is 2.83. The molecule has 0 aliphatic heterocycles. The van der Waals surface area contributed by atoms with Crippen LogP contribution in [0.15, 0.2) is 0 Å². The van der Waals surface area contributed by atoms with Crippen LogP contribution in [0.1, 0.15) is 58.8 Å². The number of aliphatic carboxylic acids is 1. The highest BCUT2D eigenvalue weighted by atomic mass is 16.4. The van der Waals surface area contributed by atoms with E-state index in [0.29, 0.717) is 12.0 Å². The van der Waals surface area contributed by atoms with Crippen LogP contribution < -0.4 is 10.6 Å². The number of hydrogen-bond acceptors (Lipinski definition) is 2. The van der Waals surface area contributed by atoms with Crippen LogP contribution in [-0.4, -0.2) is 29.7 Å². The van der Waals surface area contributed by atoms with Crippen molar-refractivity contribution in [2.24, 2.45) is 17.3 Å². The molecule has 0 bridgehead atoms. The van der Waals surface area contributed by atoms with Gasteiger partial charge in [-0.1, -0.05) is 26.7 Å². The van der Waals surface area contributed by atoms with Gasteiger partial charge >= 0.3 is 12.0 Å². The number of carbonyl (C=O) groups excluding carboxylic acids is 1. The monoisotopic (exact) mass is 296 g/mol. The molecule has 21 heavy (non-hydrogen) atoms. The molecule has 2 aliphatic rings. The van der Waals surface area contributed by atoms with Gasteiger partial charge in [0.05, 0.1) is 5.92 Å². The molecule has 0 aromatic carbocycles. The van der Waals surface area contributed by atoms with Crippen molar-refractivity contribution in [2.75, 3.05) is 6.54 Å². The van der Waals surface area contributed by atoms with E-state index in [1.165, 1.54) is 6.42 Å². The summed E-state index contributed by atoms with van der Waals surface area (Å²) in [4.78, 5) is 23.1. The fourth-order valence-corrected chi connectivity index (χ4v) is 3.89. The Morgan fingerprint density at radius 2 is 1.95 bits per heavy atom. The first-order chi connectivity index (χ1) is 9.87. The molecule has 2 amide bonds. The average molecular weight is 296 g/mol. The summed E-state index contributed by atoms with van der Waals surface area (Å²) < 4.78 is 0. The van der Waals surface area contributed by atoms with Gasteiger partial charge in [0, 0.05) is 12.6 Å². The van der Waals surface area contributed by atoms with Gasteiger partial charge in [0.1, 0.15) is 0 Å². The highest BCUT2D eigenvalue weighted by molar-refractivity contribution is 5.74. The van der Waals surface area contributed by atoms with Crippen molar-refractivity contribution in [3.05, 3.63) is 0 Å². The molecule has 2 rings (SSSR count). The highest BCUT2D eigenvalue weighted by Crippen LogP contribution is 2.35. The predicted octanol–water partition coefficient (Wildman–Crippen LogP) is 2.76. The Bertz CT molecular complexity index is 395. The van der Waals surface area contributed by atoms with Crippen LogP contribution >= 0.6 is 0 Å². The smallest absolute Gasteiger partial charge is 0.315 e. The highest BCUT2D eigenvalue weighted by Gasteiger charge is 2.33. The number of amides is 2. The molecule has 0 saturated heterocycles. The zero-order chi connectivity index (χ0) is 15.5. The maximum absolute atomic E-state index is 12.0. The van der Waals surface area contributed by atoms with E-state index in [2.05, 4.69) is 24.5 Å². The van der Waals surface area contributed by atoms with E-state index in [4.69, 9.17) is 5.11 Å². The second kappa shape index (κ2) is 6.67. The zero-order valence-electron chi connectivity index (χ0n) is 13.2. The third-order valence-corrected chi connectivity index (χ3v) is 5.04. The number of rotatable bonds is 4. The first kappa shape index (κ1) is 16.1. The maximum Gasteiger partial charge on any atom is 0.315 e. The van der Waals surface area contributed by atoms with Gasteiger partial charge in [-0.25, -0.2) is 4.79 Å². The molecule has 5 nitrogen and oxygen atoms in total. The Morgan fingerprint density at radius 3 is 2.62 bits per heavy atom. The minimum Gasteiger partial charge on any atom is -0.481 e. The summed E-state index contributed by atoms with van der Waals surface area (Å²) in [5.74, 6) is -0.941. The number of carboxylic acids is 1. The molecule has 2 saturated carbocycles. The van der Waals surface area contributed by atoms with Crippen LogP contribution in [0.3, 0.4) is 0 Å². The Kier molecular flexibility index (Phi) is 5.12. The van der Waals surface area contributed by atoms with Crippen LogP contribution in [-0.2, 0) is 4.79 Å². The Hall–Kier alpha value is -1.26. The van der Waals surface area contributed by atoms with E-state index in [-0.39, 0.29) is 23.9 Å². The fourth-order valence-electron chi connectivity index (χ4n) is 3.89. The van der Waals surface area contributed by atoms with Gasteiger partial charge in [0.2, 0.25) is 0 Å². The first-order valence-electron chi connectivity index (χ1n) is 8.14. The van der Waals surface area contributed by atoms with Crippen molar-refractivity contribution in [2.45, 2.75) is 64.8 Å². The van der Waals surface area contributed by atoms with Crippen molar-refractivity contribution in [3.63, 3.8) is 0 Å². The lowest BCUT2D eigenvalue weighted by molar-refractivity contribution is -0.142.